The van der Waals surface area contributed by atoms with E-state index >= 15 is 0 Å². The van der Waals surface area contributed by atoms with Crippen LogP contribution in [0.2, 0.25) is 0 Å². The van der Waals surface area contributed by atoms with Crippen molar-refractivity contribution in [2.75, 3.05) is 21.1 Å². The first-order chi connectivity index (χ1) is 14.0. The molecule has 150 valence electrons. The molecule has 29 heavy (non-hydrogen) atoms. The van der Waals surface area contributed by atoms with Crippen molar-refractivity contribution in [1.82, 2.24) is 19.6 Å². The van der Waals surface area contributed by atoms with Gasteiger partial charge in [0.1, 0.15) is 0 Å². The minimum atomic E-state index is -0.543. The van der Waals surface area contributed by atoms with Crippen molar-refractivity contribution in [3.63, 3.8) is 0 Å². The number of carbonyl (C=O) groups is 2. The van der Waals surface area contributed by atoms with Crippen LogP contribution in [-0.4, -0.2) is 70.8 Å². The van der Waals surface area contributed by atoms with E-state index in [1.165, 1.54) is 4.90 Å². The van der Waals surface area contributed by atoms with Crippen LogP contribution in [0.15, 0.2) is 65.7 Å². The predicted molar refractivity (Wildman–Crippen MR) is 111 cm³/mol. The summed E-state index contributed by atoms with van der Waals surface area (Å²) in [6.45, 7) is 0.800. The average molecular weight is 391 g/mol. The van der Waals surface area contributed by atoms with Crippen molar-refractivity contribution in [2.24, 2.45) is 4.99 Å². The molecule has 0 saturated carbocycles. The van der Waals surface area contributed by atoms with Crippen LogP contribution in [0.1, 0.15) is 11.1 Å². The number of likely N-dealkylation sites (N-methyl/N-ethyl adjacent to an activating group) is 1. The normalized spacial score (nSPS) is 21.3. The maximum absolute atomic E-state index is 13.5. The fraction of sp³-hybridized carbons (Fsp3) is 0.318. The molecule has 4 rings (SSSR count). The Morgan fingerprint density at radius 1 is 0.897 bits per heavy atom. The number of amides is 3. The van der Waals surface area contributed by atoms with E-state index in [-0.39, 0.29) is 18.5 Å². The van der Waals surface area contributed by atoms with E-state index < -0.39 is 12.2 Å². The highest BCUT2D eigenvalue weighted by molar-refractivity contribution is 6.03. The smallest absolute Gasteiger partial charge is 0.328 e. The fourth-order valence-electron chi connectivity index (χ4n) is 3.90. The number of guanidine groups is 1. The second-order valence-corrected chi connectivity index (χ2v) is 7.60. The summed E-state index contributed by atoms with van der Waals surface area (Å²) in [4.78, 5) is 38.0. The Morgan fingerprint density at radius 2 is 1.45 bits per heavy atom. The first-order valence-electron chi connectivity index (χ1n) is 9.65. The van der Waals surface area contributed by atoms with Gasteiger partial charge in [-0.15, -0.1) is 0 Å². The van der Waals surface area contributed by atoms with E-state index in [1.807, 2.05) is 84.6 Å². The Bertz CT molecular complexity index is 929. The fourth-order valence-corrected chi connectivity index (χ4v) is 3.90. The summed E-state index contributed by atoms with van der Waals surface area (Å²) < 4.78 is 0. The Labute approximate surface area is 170 Å². The molecule has 0 aromatic heterocycles. The molecule has 1 fully saturated rings. The van der Waals surface area contributed by atoms with Crippen LogP contribution >= 0.6 is 0 Å². The number of carbonyl (C=O) groups excluding carboxylic acids is 2. The number of hydrogen-bond acceptors (Lipinski definition) is 5. The van der Waals surface area contributed by atoms with Crippen molar-refractivity contribution < 1.29 is 9.59 Å². The zero-order valence-electron chi connectivity index (χ0n) is 16.9. The van der Waals surface area contributed by atoms with Gasteiger partial charge >= 0.3 is 6.03 Å². The summed E-state index contributed by atoms with van der Waals surface area (Å²) in [7, 11) is 5.53. The lowest BCUT2D eigenvalue weighted by Crippen LogP contribution is -2.64. The summed E-state index contributed by atoms with van der Waals surface area (Å²) >= 11 is 0. The molecule has 0 radical (unpaired) electrons. The Morgan fingerprint density at radius 3 is 2.00 bits per heavy atom. The molecule has 2 heterocycles. The van der Waals surface area contributed by atoms with Gasteiger partial charge < -0.3 is 14.7 Å². The molecule has 2 aliphatic heterocycles. The van der Waals surface area contributed by atoms with Crippen LogP contribution in [0.3, 0.4) is 0 Å². The summed E-state index contributed by atoms with van der Waals surface area (Å²) in [5.74, 6) is 0.497. The van der Waals surface area contributed by atoms with Crippen LogP contribution < -0.4 is 0 Å². The quantitative estimate of drug-likeness (QED) is 0.802. The van der Waals surface area contributed by atoms with E-state index in [0.29, 0.717) is 12.5 Å². The Hall–Kier alpha value is -3.35. The van der Waals surface area contributed by atoms with Crippen molar-refractivity contribution in [1.29, 1.82) is 0 Å². The molecule has 2 aromatic rings. The first kappa shape index (κ1) is 19.0. The van der Waals surface area contributed by atoms with Crippen LogP contribution in [-0.2, 0) is 17.9 Å². The first-order valence-corrected chi connectivity index (χ1v) is 9.65. The molecule has 0 N–H and O–H groups in total. The van der Waals surface area contributed by atoms with E-state index in [2.05, 4.69) is 0 Å². The number of benzene rings is 2. The van der Waals surface area contributed by atoms with Gasteiger partial charge in [-0.05, 0) is 11.1 Å². The number of imide groups is 1. The topological polar surface area (TPSA) is 59.5 Å². The molecule has 2 aromatic carbocycles. The largest absolute Gasteiger partial charge is 0.349 e. The number of urea groups is 1. The van der Waals surface area contributed by atoms with Gasteiger partial charge in [-0.2, -0.15) is 0 Å². The molecule has 2 atom stereocenters. The SMILES string of the molecule is CN(C)C1=NC2C(C(=O)N(Cc3ccccc3)C(=O)N2C)N1Cc1ccccc1. The van der Waals surface area contributed by atoms with Crippen LogP contribution in [0, 0.1) is 0 Å². The van der Waals surface area contributed by atoms with Crippen molar-refractivity contribution >= 4 is 17.9 Å². The van der Waals surface area contributed by atoms with Crippen molar-refractivity contribution in [3.05, 3.63) is 71.8 Å². The maximum Gasteiger partial charge on any atom is 0.328 e. The van der Waals surface area contributed by atoms with Gasteiger partial charge in [0.25, 0.3) is 5.91 Å². The molecule has 0 bridgehead atoms. The number of hydrogen-bond donors (Lipinski definition) is 0. The third-order valence-electron chi connectivity index (χ3n) is 5.35. The molecular formula is C22H25N5O2. The van der Waals surface area contributed by atoms with Crippen LogP contribution in [0.5, 0.6) is 0 Å². The van der Waals surface area contributed by atoms with E-state index in [9.17, 15) is 9.59 Å². The third kappa shape index (κ3) is 3.44. The molecule has 0 spiro atoms. The Balaban J connectivity index is 1.67. The molecule has 7 nitrogen and oxygen atoms in total. The van der Waals surface area contributed by atoms with Crippen LogP contribution in [0.4, 0.5) is 4.79 Å². The van der Waals surface area contributed by atoms with Crippen molar-refractivity contribution in [3.8, 4) is 0 Å². The minimum Gasteiger partial charge on any atom is -0.349 e. The summed E-state index contributed by atoms with van der Waals surface area (Å²) in [5.41, 5.74) is 2.01. The van der Waals surface area contributed by atoms with Gasteiger partial charge in [0, 0.05) is 27.7 Å². The molecular weight excluding hydrogens is 366 g/mol. The van der Waals surface area contributed by atoms with E-state index in [0.717, 1.165) is 11.1 Å². The second kappa shape index (κ2) is 7.58. The van der Waals surface area contributed by atoms with Gasteiger partial charge in [0.2, 0.25) is 0 Å². The van der Waals surface area contributed by atoms with E-state index in [4.69, 9.17) is 4.99 Å². The molecule has 3 amide bonds. The number of aliphatic imine (C=N–C) groups is 1. The standard InChI is InChI=1S/C22H25N5O2/c1-24(2)21-23-19-18(26(21)14-16-10-6-4-7-11-16)20(28)27(22(29)25(19)3)15-17-12-8-5-9-13-17/h4-13,18-19H,14-15H2,1-3H3. The number of fused-ring (bicyclic) bond motifs is 1. The van der Waals surface area contributed by atoms with E-state index in [1.54, 1.807) is 11.9 Å². The maximum atomic E-state index is 13.5. The second-order valence-electron chi connectivity index (χ2n) is 7.60. The monoisotopic (exact) mass is 391 g/mol. The zero-order chi connectivity index (χ0) is 20.5. The average Bonchev–Trinajstić information content (AvgIpc) is 3.11. The van der Waals surface area contributed by atoms with Crippen molar-refractivity contribution in [2.45, 2.75) is 25.3 Å². The lowest BCUT2D eigenvalue weighted by atomic mass is 10.1. The van der Waals surface area contributed by atoms with Gasteiger partial charge in [0.15, 0.2) is 18.2 Å². The summed E-state index contributed by atoms with van der Waals surface area (Å²) in [6.07, 6.45) is -0.525. The van der Waals surface area contributed by atoms with Gasteiger partial charge in [-0.3, -0.25) is 9.69 Å². The van der Waals surface area contributed by atoms with Gasteiger partial charge in [-0.1, -0.05) is 60.7 Å². The highest BCUT2D eigenvalue weighted by Crippen LogP contribution is 2.30. The number of nitrogens with zero attached hydrogens (tertiary/aromatic N) is 5. The minimum absolute atomic E-state index is 0.210. The molecule has 0 aliphatic carbocycles. The third-order valence-corrected chi connectivity index (χ3v) is 5.35. The molecule has 2 aliphatic rings. The van der Waals surface area contributed by atoms with Gasteiger partial charge in [-0.25, -0.2) is 9.79 Å². The highest BCUT2D eigenvalue weighted by Gasteiger charge is 2.52. The predicted octanol–water partition coefficient (Wildman–Crippen LogP) is 2.21. The lowest BCUT2D eigenvalue weighted by Gasteiger charge is -2.41. The molecule has 2 unspecified atom stereocenters. The zero-order valence-corrected chi connectivity index (χ0v) is 16.9. The highest BCUT2D eigenvalue weighted by atomic mass is 16.2. The molecule has 1 saturated heterocycles. The molecule has 7 heteroatoms. The van der Waals surface area contributed by atoms with Crippen LogP contribution in [0.25, 0.3) is 0 Å². The Kier molecular flexibility index (Phi) is 4.96. The summed E-state index contributed by atoms with van der Waals surface area (Å²) in [6, 6.07) is 18.7. The summed E-state index contributed by atoms with van der Waals surface area (Å²) in [5, 5.41) is 0. The van der Waals surface area contributed by atoms with Gasteiger partial charge in [0.05, 0.1) is 6.54 Å². The lowest BCUT2D eigenvalue weighted by molar-refractivity contribution is -0.138. The number of rotatable bonds is 4.